The molecule has 0 heterocycles. The summed E-state index contributed by atoms with van der Waals surface area (Å²) in [6.45, 7) is 2.47. The predicted molar refractivity (Wildman–Crippen MR) is 67.5 cm³/mol. The van der Waals surface area contributed by atoms with Crippen LogP contribution in [0.4, 0.5) is 4.39 Å². The number of ether oxygens (including phenoxy) is 1. The molecule has 0 unspecified atom stereocenters. The molecule has 16 heavy (non-hydrogen) atoms. The highest BCUT2D eigenvalue weighted by Crippen LogP contribution is 2.24. The minimum atomic E-state index is -0.274. The van der Waals surface area contributed by atoms with Crippen LogP contribution in [0.2, 0.25) is 0 Å². The summed E-state index contributed by atoms with van der Waals surface area (Å²) in [6.07, 6.45) is 3.04. The summed E-state index contributed by atoms with van der Waals surface area (Å²) in [6, 6.07) is 4.27. The van der Waals surface area contributed by atoms with Crippen LogP contribution in [0.3, 0.4) is 0 Å². The maximum Gasteiger partial charge on any atom is 0.124 e. The van der Waals surface area contributed by atoms with E-state index < -0.39 is 0 Å². The van der Waals surface area contributed by atoms with Gasteiger partial charge in [-0.1, -0.05) is 0 Å². The molecule has 0 amide bonds. The van der Waals surface area contributed by atoms with Gasteiger partial charge in [-0.15, -0.1) is 0 Å². The Hall–Kier alpha value is -0.740. The zero-order valence-electron chi connectivity index (χ0n) is 9.70. The summed E-state index contributed by atoms with van der Waals surface area (Å²) in [5, 5.41) is 0. The molecular weight excluding hydrogens is 225 g/mol. The number of hydrogen-bond acceptors (Lipinski definition) is 3. The van der Waals surface area contributed by atoms with E-state index in [0.29, 0.717) is 12.4 Å². The quantitative estimate of drug-likeness (QED) is 0.780. The molecule has 2 N–H and O–H groups in total. The lowest BCUT2D eigenvalue weighted by molar-refractivity contribution is 0.313. The molecule has 4 heteroatoms. The average Bonchev–Trinajstić information content (AvgIpc) is 2.26. The molecule has 1 atom stereocenters. The van der Waals surface area contributed by atoms with Crippen molar-refractivity contribution < 1.29 is 9.13 Å². The highest BCUT2D eigenvalue weighted by atomic mass is 32.2. The third-order valence-electron chi connectivity index (χ3n) is 2.21. The van der Waals surface area contributed by atoms with Gasteiger partial charge < -0.3 is 10.5 Å². The first-order chi connectivity index (χ1) is 7.65. The molecule has 0 aliphatic rings. The van der Waals surface area contributed by atoms with Gasteiger partial charge in [-0.25, -0.2) is 4.39 Å². The molecule has 2 nitrogen and oxygen atoms in total. The van der Waals surface area contributed by atoms with E-state index in [9.17, 15) is 4.39 Å². The van der Waals surface area contributed by atoms with Crippen LogP contribution < -0.4 is 10.5 Å². The highest BCUT2D eigenvalue weighted by Gasteiger charge is 2.09. The molecule has 0 saturated heterocycles. The second-order valence-electron chi connectivity index (χ2n) is 3.67. The Balaban J connectivity index is 2.64. The molecule has 0 bridgehead atoms. The Bertz CT molecular complexity index is 331. The molecule has 0 spiro atoms. The van der Waals surface area contributed by atoms with Crippen molar-refractivity contribution in [3.63, 3.8) is 0 Å². The fourth-order valence-corrected chi connectivity index (χ4v) is 1.80. The molecule has 0 radical (unpaired) electrons. The topological polar surface area (TPSA) is 35.2 Å². The van der Waals surface area contributed by atoms with Gasteiger partial charge in [-0.3, -0.25) is 0 Å². The summed E-state index contributed by atoms with van der Waals surface area (Å²) < 4.78 is 18.6. The van der Waals surface area contributed by atoms with Crippen LogP contribution in [0, 0.1) is 5.82 Å². The SMILES string of the molecule is CSCCCOc1ccc(F)cc1[C@H](C)N. The van der Waals surface area contributed by atoms with Crippen LogP contribution in [-0.4, -0.2) is 18.6 Å². The summed E-state index contributed by atoms with van der Waals surface area (Å²) >= 11 is 1.79. The van der Waals surface area contributed by atoms with E-state index in [1.807, 2.05) is 6.92 Å². The molecule has 90 valence electrons. The number of halogens is 1. The molecule has 0 aliphatic carbocycles. The smallest absolute Gasteiger partial charge is 0.124 e. The van der Waals surface area contributed by atoms with Crippen LogP contribution >= 0.6 is 11.8 Å². The third kappa shape index (κ3) is 4.02. The molecule has 1 rings (SSSR count). The van der Waals surface area contributed by atoms with E-state index in [1.165, 1.54) is 12.1 Å². The van der Waals surface area contributed by atoms with Crippen molar-refractivity contribution in [2.45, 2.75) is 19.4 Å². The van der Waals surface area contributed by atoms with Crippen molar-refractivity contribution in [2.24, 2.45) is 5.73 Å². The van der Waals surface area contributed by atoms with Gasteiger partial charge in [0, 0.05) is 11.6 Å². The summed E-state index contributed by atoms with van der Waals surface area (Å²) in [5.74, 6) is 1.48. The van der Waals surface area contributed by atoms with Gasteiger partial charge in [0.25, 0.3) is 0 Å². The van der Waals surface area contributed by atoms with Crippen molar-refractivity contribution in [1.82, 2.24) is 0 Å². The normalized spacial score (nSPS) is 12.5. The monoisotopic (exact) mass is 243 g/mol. The Kier molecular flexibility index (Phi) is 5.63. The lowest BCUT2D eigenvalue weighted by atomic mass is 10.1. The summed E-state index contributed by atoms with van der Waals surface area (Å²) in [7, 11) is 0. The van der Waals surface area contributed by atoms with Crippen LogP contribution in [0.15, 0.2) is 18.2 Å². The minimum Gasteiger partial charge on any atom is -0.493 e. The molecule has 1 aromatic rings. The van der Waals surface area contributed by atoms with Gasteiger partial charge in [0.1, 0.15) is 11.6 Å². The maximum absolute atomic E-state index is 13.0. The number of hydrogen-bond donors (Lipinski definition) is 1. The molecule has 0 fully saturated rings. The van der Waals surface area contributed by atoms with Crippen LogP contribution in [0.25, 0.3) is 0 Å². The zero-order chi connectivity index (χ0) is 12.0. The van der Waals surface area contributed by atoms with Crippen molar-refractivity contribution >= 4 is 11.8 Å². The Labute approximate surface area is 100 Å². The minimum absolute atomic E-state index is 0.216. The van der Waals surface area contributed by atoms with Crippen LogP contribution in [0.5, 0.6) is 5.75 Å². The van der Waals surface area contributed by atoms with Crippen LogP contribution in [-0.2, 0) is 0 Å². The predicted octanol–water partition coefficient (Wildman–Crippen LogP) is 2.98. The first-order valence-electron chi connectivity index (χ1n) is 5.32. The van der Waals surface area contributed by atoms with Gasteiger partial charge in [0.05, 0.1) is 6.61 Å². The molecule has 0 aromatic heterocycles. The molecular formula is C12H18FNOS. The van der Waals surface area contributed by atoms with E-state index in [2.05, 4.69) is 6.26 Å². The molecule has 0 saturated carbocycles. The van der Waals surface area contributed by atoms with E-state index in [-0.39, 0.29) is 11.9 Å². The maximum atomic E-state index is 13.0. The number of rotatable bonds is 6. The van der Waals surface area contributed by atoms with E-state index in [1.54, 1.807) is 17.8 Å². The van der Waals surface area contributed by atoms with E-state index in [0.717, 1.165) is 17.7 Å². The Morgan fingerprint density at radius 2 is 2.25 bits per heavy atom. The first-order valence-corrected chi connectivity index (χ1v) is 6.71. The van der Waals surface area contributed by atoms with Crippen molar-refractivity contribution in [3.8, 4) is 5.75 Å². The van der Waals surface area contributed by atoms with Gasteiger partial charge >= 0.3 is 0 Å². The van der Waals surface area contributed by atoms with E-state index >= 15 is 0 Å². The van der Waals surface area contributed by atoms with Gasteiger partial charge in [-0.05, 0) is 43.6 Å². The average molecular weight is 243 g/mol. The second-order valence-corrected chi connectivity index (χ2v) is 4.65. The standard InChI is InChI=1S/C12H18FNOS/c1-9(14)11-8-10(13)4-5-12(11)15-6-3-7-16-2/h4-5,8-9H,3,6-7,14H2,1-2H3/t9-/m0/s1. The van der Waals surface area contributed by atoms with Crippen molar-refractivity contribution in [3.05, 3.63) is 29.6 Å². The van der Waals surface area contributed by atoms with Crippen LogP contribution in [0.1, 0.15) is 24.9 Å². The molecule has 1 aromatic carbocycles. The van der Waals surface area contributed by atoms with Gasteiger partial charge in [-0.2, -0.15) is 11.8 Å². The number of benzene rings is 1. The fraction of sp³-hybridized carbons (Fsp3) is 0.500. The lowest BCUT2D eigenvalue weighted by Crippen LogP contribution is -2.09. The largest absolute Gasteiger partial charge is 0.493 e. The van der Waals surface area contributed by atoms with E-state index in [4.69, 9.17) is 10.5 Å². The van der Waals surface area contributed by atoms with Crippen molar-refractivity contribution in [1.29, 1.82) is 0 Å². The fourth-order valence-electron chi connectivity index (χ4n) is 1.39. The third-order valence-corrected chi connectivity index (χ3v) is 2.91. The van der Waals surface area contributed by atoms with Crippen molar-refractivity contribution in [2.75, 3.05) is 18.6 Å². The Morgan fingerprint density at radius 1 is 1.50 bits per heavy atom. The number of thioether (sulfide) groups is 1. The number of nitrogens with two attached hydrogens (primary N) is 1. The summed E-state index contributed by atoms with van der Waals surface area (Å²) in [5.41, 5.74) is 6.49. The Morgan fingerprint density at radius 3 is 2.88 bits per heavy atom. The first kappa shape index (κ1) is 13.3. The summed E-state index contributed by atoms with van der Waals surface area (Å²) in [4.78, 5) is 0. The highest BCUT2D eigenvalue weighted by molar-refractivity contribution is 7.98. The lowest BCUT2D eigenvalue weighted by Gasteiger charge is -2.13. The van der Waals surface area contributed by atoms with Gasteiger partial charge in [0.15, 0.2) is 0 Å². The second kappa shape index (κ2) is 6.76. The van der Waals surface area contributed by atoms with Gasteiger partial charge in [0.2, 0.25) is 0 Å². The molecule has 0 aliphatic heterocycles. The zero-order valence-corrected chi connectivity index (χ0v) is 10.5.